The molecule has 1 aromatic carbocycles. The second kappa shape index (κ2) is 4.76. The van der Waals surface area contributed by atoms with E-state index in [1.54, 1.807) is 11.3 Å². The Bertz CT molecular complexity index is 503. The maximum atomic E-state index is 12.0. The molecule has 16 heavy (non-hydrogen) atoms. The standard InChI is InChI=1S/C13H15NOS/c1-9(7-14)6-12(15)11-8-16-13-5-3-2-4-10(11)13/h2-5,8-9H,6-7,14H2,1H3. The average Bonchev–Trinajstić information content (AvgIpc) is 2.72. The van der Waals surface area contributed by atoms with E-state index in [2.05, 4.69) is 0 Å². The highest BCUT2D eigenvalue weighted by molar-refractivity contribution is 7.17. The lowest BCUT2D eigenvalue weighted by Crippen LogP contribution is -2.14. The van der Waals surface area contributed by atoms with Gasteiger partial charge in [-0.2, -0.15) is 0 Å². The molecule has 0 aliphatic carbocycles. The van der Waals surface area contributed by atoms with Gasteiger partial charge in [0.05, 0.1) is 0 Å². The molecule has 0 aliphatic rings. The summed E-state index contributed by atoms with van der Waals surface area (Å²) in [7, 11) is 0. The molecule has 0 amide bonds. The van der Waals surface area contributed by atoms with Crippen LogP contribution in [0.25, 0.3) is 10.1 Å². The van der Waals surface area contributed by atoms with Crippen LogP contribution in [0, 0.1) is 5.92 Å². The van der Waals surface area contributed by atoms with Crippen molar-refractivity contribution in [1.82, 2.24) is 0 Å². The second-order valence-electron chi connectivity index (χ2n) is 4.11. The van der Waals surface area contributed by atoms with Gasteiger partial charge in [0.2, 0.25) is 0 Å². The number of fused-ring (bicyclic) bond motifs is 1. The molecule has 3 heteroatoms. The minimum Gasteiger partial charge on any atom is -0.330 e. The van der Waals surface area contributed by atoms with Crippen LogP contribution in [0.1, 0.15) is 23.7 Å². The Morgan fingerprint density at radius 3 is 2.94 bits per heavy atom. The van der Waals surface area contributed by atoms with Crippen LogP contribution in [0.2, 0.25) is 0 Å². The number of rotatable bonds is 4. The molecular weight excluding hydrogens is 218 g/mol. The van der Waals surface area contributed by atoms with Gasteiger partial charge in [-0.3, -0.25) is 4.79 Å². The fraction of sp³-hybridized carbons (Fsp3) is 0.308. The number of thiophene rings is 1. The first-order valence-corrected chi connectivity index (χ1v) is 6.30. The van der Waals surface area contributed by atoms with Gasteiger partial charge in [0.15, 0.2) is 5.78 Å². The highest BCUT2D eigenvalue weighted by Crippen LogP contribution is 2.27. The smallest absolute Gasteiger partial charge is 0.164 e. The summed E-state index contributed by atoms with van der Waals surface area (Å²) in [6, 6.07) is 8.02. The van der Waals surface area contributed by atoms with Gasteiger partial charge in [-0.25, -0.2) is 0 Å². The Morgan fingerprint density at radius 2 is 2.19 bits per heavy atom. The topological polar surface area (TPSA) is 43.1 Å². The van der Waals surface area contributed by atoms with Gasteiger partial charge in [-0.1, -0.05) is 25.1 Å². The molecule has 1 heterocycles. The zero-order chi connectivity index (χ0) is 11.5. The van der Waals surface area contributed by atoms with E-state index in [4.69, 9.17) is 5.73 Å². The number of Topliss-reactive ketones (excluding diaryl/α,β-unsaturated/α-hetero) is 1. The van der Waals surface area contributed by atoms with E-state index < -0.39 is 0 Å². The lowest BCUT2D eigenvalue weighted by molar-refractivity contribution is 0.0968. The summed E-state index contributed by atoms with van der Waals surface area (Å²) >= 11 is 1.62. The third kappa shape index (κ3) is 2.15. The third-order valence-corrected chi connectivity index (χ3v) is 3.68. The fourth-order valence-corrected chi connectivity index (χ4v) is 2.67. The number of benzene rings is 1. The Balaban J connectivity index is 2.30. The van der Waals surface area contributed by atoms with Gasteiger partial charge in [0, 0.05) is 27.5 Å². The Hall–Kier alpha value is -1.19. The van der Waals surface area contributed by atoms with Crippen molar-refractivity contribution >= 4 is 27.2 Å². The number of ketones is 1. The minimum absolute atomic E-state index is 0.204. The summed E-state index contributed by atoms with van der Waals surface area (Å²) in [5, 5.41) is 3.03. The van der Waals surface area contributed by atoms with E-state index in [-0.39, 0.29) is 11.7 Å². The number of hydrogen-bond acceptors (Lipinski definition) is 3. The van der Waals surface area contributed by atoms with Crippen LogP contribution < -0.4 is 5.73 Å². The van der Waals surface area contributed by atoms with Gasteiger partial charge in [0.1, 0.15) is 0 Å². The van der Waals surface area contributed by atoms with Crippen LogP contribution in [0.15, 0.2) is 29.6 Å². The quantitative estimate of drug-likeness (QED) is 0.825. The van der Waals surface area contributed by atoms with E-state index in [1.165, 1.54) is 4.70 Å². The van der Waals surface area contributed by atoms with Crippen molar-refractivity contribution < 1.29 is 4.79 Å². The normalized spacial score (nSPS) is 12.9. The van der Waals surface area contributed by atoms with Crippen LogP contribution in [0.5, 0.6) is 0 Å². The number of carbonyl (C=O) groups excluding carboxylic acids is 1. The van der Waals surface area contributed by atoms with Crippen molar-refractivity contribution in [1.29, 1.82) is 0 Å². The maximum absolute atomic E-state index is 12.0. The Labute approximate surface area is 99.1 Å². The maximum Gasteiger partial charge on any atom is 0.164 e. The van der Waals surface area contributed by atoms with Crippen LogP contribution in [-0.4, -0.2) is 12.3 Å². The summed E-state index contributed by atoms with van der Waals surface area (Å²) in [4.78, 5) is 12.0. The van der Waals surface area contributed by atoms with Crippen molar-refractivity contribution in [2.45, 2.75) is 13.3 Å². The summed E-state index contributed by atoms with van der Waals surface area (Å²) in [5.74, 6) is 0.460. The monoisotopic (exact) mass is 233 g/mol. The van der Waals surface area contributed by atoms with Gasteiger partial charge < -0.3 is 5.73 Å². The summed E-state index contributed by atoms with van der Waals surface area (Å²) in [5.41, 5.74) is 6.38. The third-order valence-electron chi connectivity index (χ3n) is 2.72. The van der Waals surface area contributed by atoms with Crippen LogP contribution in [0.3, 0.4) is 0 Å². The minimum atomic E-state index is 0.204. The molecule has 2 nitrogen and oxygen atoms in total. The Morgan fingerprint density at radius 1 is 1.44 bits per heavy atom. The predicted molar refractivity (Wildman–Crippen MR) is 69.0 cm³/mol. The largest absolute Gasteiger partial charge is 0.330 e. The zero-order valence-corrected chi connectivity index (χ0v) is 10.1. The predicted octanol–water partition coefficient (Wildman–Crippen LogP) is 3.07. The molecule has 1 atom stereocenters. The molecule has 2 rings (SSSR count). The molecule has 84 valence electrons. The van der Waals surface area contributed by atoms with E-state index in [1.807, 2.05) is 36.6 Å². The first-order chi connectivity index (χ1) is 7.72. The molecule has 1 unspecified atom stereocenters. The number of hydrogen-bond donors (Lipinski definition) is 1. The van der Waals surface area contributed by atoms with Crippen molar-refractivity contribution in [3.63, 3.8) is 0 Å². The lowest BCUT2D eigenvalue weighted by atomic mass is 9.99. The molecule has 0 aliphatic heterocycles. The second-order valence-corrected chi connectivity index (χ2v) is 5.02. The molecule has 1 aromatic heterocycles. The van der Waals surface area contributed by atoms with E-state index in [9.17, 15) is 4.79 Å². The first kappa shape index (κ1) is 11.3. The lowest BCUT2D eigenvalue weighted by Gasteiger charge is -2.06. The van der Waals surface area contributed by atoms with Gasteiger partial charge >= 0.3 is 0 Å². The molecule has 0 spiro atoms. The highest BCUT2D eigenvalue weighted by Gasteiger charge is 2.14. The van der Waals surface area contributed by atoms with E-state index in [0.717, 1.165) is 10.9 Å². The van der Waals surface area contributed by atoms with Crippen molar-refractivity contribution in [3.8, 4) is 0 Å². The molecule has 2 aromatic rings. The van der Waals surface area contributed by atoms with Crippen molar-refractivity contribution in [2.75, 3.05) is 6.54 Å². The van der Waals surface area contributed by atoms with Crippen LogP contribution in [-0.2, 0) is 0 Å². The van der Waals surface area contributed by atoms with Crippen molar-refractivity contribution in [2.24, 2.45) is 11.7 Å². The molecule has 2 N–H and O–H groups in total. The molecule has 0 saturated heterocycles. The van der Waals surface area contributed by atoms with Crippen molar-refractivity contribution in [3.05, 3.63) is 35.2 Å². The van der Waals surface area contributed by atoms with Crippen LogP contribution >= 0.6 is 11.3 Å². The first-order valence-electron chi connectivity index (χ1n) is 5.42. The van der Waals surface area contributed by atoms with E-state index in [0.29, 0.717) is 13.0 Å². The van der Waals surface area contributed by atoms with Gasteiger partial charge in [-0.15, -0.1) is 11.3 Å². The summed E-state index contributed by atoms with van der Waals surface area (Å²) < 4.78 is 1.17. The number of nitrogens with two attached hydrogens (primary N) is 1. The average molecular weight is 233 g/mol. The number of carbonyl (C=O) groups is 1. The molecule has 0 saturated carbocycles. The molecular formula is C13H15NOS. The molecule has 0 bridgehead atoms. The van der Waals surface area contributed by atoms with Gasteiger partial charge in [0.25, 0.3) is 0 Å². The fourth-order valence-electron chi connectivity index (χ4n) is 1.70. The SMILES string of the molecule is CC(CN)CC(=O)c1csc2ccccc12. The molecule has 0 fully saturated rings. The van der Waals surface area contributed by atoms with E-state index >= 15 is 0 Å². The Kier molecular flexibility index (Phi) is 3.36. The zero-order valence-electron chi connectivity index (χ0n) is 9.27. The molecule has 0 radical (unpaired) electrons. The summed E-state index contributed by atoms with van der Waals surface area (Å²) in [6.07, 6.45) is 0.539. The summed E-state index contributed by atoms with van der Waals surface area (Å²) in [6.45, 7) is 2.57. The highest BCUT2D eigenvalue weighted by atomic mass is 32.1. The van der Waals surface area contributed by atoms with Gasteiger partial charge in [-0.05, 0) is 18.5 Å². The van der Waals surface area contributed by atoms with Crippen LogP contribution in [0.4, 0.5) is 0 Å².